The van der Waals surface area contributed by atoms with Gasteiger partial charge in [-0.1, -0.05) is 0 Å². The second kappa shape index (κ2) is 4.92. The summed E-state index contributed by atoms with van der Waals surface area (Å²) >= 11 is 0. The molecule has 0 heterocycles. The van der Waals surface area contributed by atoms with E-state index in [4.69, 9.17) is 0 Å². The van der Waals surface area contributed by atoms with Gasteiger partial charge in [0, 0.05) is 0 Å². The number of nitrogens with two attached hydrogens (primary N) is 1. The smallest absolute Gasteiger partial charge is 0.316 e. The lowest BCUT2D eigenvalue weighted by molar-refractivity contribution is -0.150. The highest BCUT2D eigenvalue weighted by atomic mass is 35.5. The number of rotatable bonds is 1. The fraction of sp³-hybridized carbons (Fsp3) is 0.250. The van der Waals surface area contributed by atoms with Gasteiger partial charge in [0.15, 0.2) is 11.6 Å². The van der Waals surface area contributed by atoms with Crippen molar-refractivity contribution in [1.82, 2.24) is 0 Å². The molecule has 92 valence electrons. The molecule has 1 aromatic carbocycles. The van der Waals surface area contributed by atoms with Gasteiger partial charge in [-0.25, -0.2) is 13.2 Å². The van der Waals surface area contributed by atoms with E-state index in [9.17, 15) is 26.3 Å². The Morgan fingerprint density at radius 1 is 1.00 bits per heavy atom. The van der Waals surface area contributed by atoms with E-state index in [0.29, 0.717) is 12.1 Å². The fourth-order valence-corrected chi connectivity index (χ4v) is 0.992. The van der Waals surface area contributed by atoms with E-state index in [1.165, 1.54) is 0 Å². The lowest BCUT2D eigenvalue weighted by atomic mass is 10.1. The lowest BCUT2D eigenvalue weighted by Gasteiger charge is -2.17. The summed E-state index contributed by atoms with van der Waals surface area (Å²) in [5, 5.41) is 0. The Labute approximate surface area is 92.6 Å². The minimum absolute atomic E-state index is 0. The molecule has 1 aromatic rings. The third kappa shape index (κ3) is 2.79. The molecular weight excluding hydrogens is 260 g/mol. The van der Waals surface area contributed by atoms with Crippen LogP contribution in [0.25, 0.3) is 0 Å². The van der Waals surface area contributed by atoms with E-state index in [-0.39, 0.29) is 12.4 Å². The molecule has 2 N–H and O–H groups in total. The lowest BCUT2D eigenvalue weighted by Crippen LogP contribution is -2.30. The van der Waals surface area contributed by atoms with E-state index >= 15 is 0 Å². The van der Waals surface area contributed by atoms with Crippen molar-refractivity contribution in [3.8, 4) is 0 Å². The second-order valence-corrected chi connectivity index (χ2v) is 2.78. The summed E-state index contributed by atoms with van der Waals surface area (Å²) in [4.78, 5) is 0. The van der Waals surface area contributed by atoms with Crippen molar-refractivity contribution in [3.05, 3.63) is 35.1 Å². The highest BCUT2D eigenvalue weighted by Crippen LogP contribution is 2.33. The molecule has 0 aliphatic rings. The van der Waals surface area contributed by atoms with Crippen LogP contribution in [0, 0.1) is 17.5 Å². The Balaban J connectivity index is 0.00000225. The van der Waals surface area contributed by atoms with E-state index in [0.717, 1.165) is 0 Å². The van der Waals surface area contributed by atoms with Crippen LogP contribution in [0.5, 0.6) is 0 Å². The van der Waals surface area contributed by atoms with Gasteiger partial charge in [-0.2, -0.15) is 13.2 Å². The van der Waals surface area contributed by atoms with Gasteiger partial charge in [0.25, 0.3) is 0 Å². The summed E-state index contributed by atoms with van der Waals surface area (Å²) in [5.74, 6) is -5.02. The molecule has 0 spiro atoms. The average Bonchev–Trinajstić information content (AvgIpc) is 2.10. The monoisotopic (exact) mass is 265 g/mol. The Hall–Kier alpha value is -0.950. The third-order valence-corrected chi connectivity index (χ3v) is 1.74. The summed E-state index contributed by atoms with van der Waals surface area (Å²) in [7, 11) is 0. The zero-order valence-electron chi connectivity index (χ0n) is 7.49. The number of alkyl halides is 3. The molecule has 0 radical (unpaired) electrons. The van der Waals surface area contributed by atoms with Crippen LogP contribution in [0.4, 0.5) is 26.3 Å². The standard InChI is InChI=1S/C8H5F6N.ClH/c9-3-1-2-4(10)6(11)5(3)7(15)8(12,13)14;/h1-2,7H,15H2;1H/t7-;/m0./s1. The zero-order valence-corrected chi connectivity index (χ0v) is 8.30. The van der Waals surface area contributed by atoms with E-state index in [2.05, 4.69) is 5.73 Å². The van der Waals surface area contributed by atoms with Crippen molar-refractivity contribution >= 4 is 12.4 Å². The van der Waals surface area contributed by atoms with Crippen LogP contribution in [-0.2, 0) is 0 Å². The molecule has 0 bridgehead atoms. The van der Waals surface area contributed by atoms with Crippen molar-refractivity contribution < 1.29 is 26.3 Å². The quantitative estimate of drug-likeness (QED) is 0.613. The maximum absolute atomic E-state index is 12.8. The molecule has 0 aliphatic carbocycles. The first kappa shape index (κ1) is 15.0. The molecule has 0 aliphatic heterocycles. The van der Waals surface area contributed by atoms with Crippen molar-refractivity contribution in [3.63, 3.8) is 0 Å². The molecule has 0 aromatic heterocycles. The molecule has 1 atom stereocenters. The summed E-state index contributed by atoms with van der Waals surface area (Å²) in [6.45, 7) is 0. The molecular formula is C8H6ClF6N. The molecule has 1 nitrogen and oxygen atoms in total. The fourth-order valence-electron chi connectivity index (χ4n) is 0.992. The van der Waals surface area contributed by atoms with E-state index < -0.39 is 35.2 Å². The van der Waals surface area contributed by atoms with Gasteiger partial charge in [0.05, 0.1) is 5.56 Å². The number of hydrogen-bond acceptors (Lipinski definition) is 1. The minimum Gasteiger partial charge on any atom is -0.316 e. The molecule has 0 fully saturated rings. The third-order valence-electron chi connectivity index (χ3n) is 1.74. The van der Waals surface area contributed by atoms with Gasteiger partial charge in [-0.05, 0) is 12.1 Å². The van der Waals surface area contributed by atoms with Gasteiger partial charge in [0.1, 0.15) is 11.9 Å². The highest BCUT2D eigenvalue weighted by Gasteiger charge is 2.41. The largest absolute Gasteiger partial charge is 0.407 e. The highest BCUT2D eigenvalue weighted by molar-refractivity contribution is 5.85. The van der Waals surface area contributed by atoms with Crippen LogP contribution in [-0.4, -0.2) is 6.18 Å². The van der Waals surface area contributed by atoms with Crippen molar-refractivity contribution in [2.24, 2.45) is 5.73 Å². The Morgan fingerprint density at radius 3 is 1.88 bits per heavy atom. The van der Waals surface area contributed by atoms with Crippen LogP contribution in [0.15, 0.2) is 12.1 Å². The average molecular weight is 266 g/mol. The number of benzene rings is 1. The van der Waals surface area contributed by atoms with Gasteiger partial charge < -0.3 is 5.73 Å². The predicted octanol–water partition coefficient (Wildman–Crippen LogP) is 3.09. The van der Waals surface area contributed by atoms with E-state index in [1.807, 2.05) is 0 Å². The van der Waals surface area contributed by atoms with Crippen molar-refractivity contribution in [2.45, 2.75) is 12.2 Å². The first-order valence-corrected chi connectivity index (χ1v) is 3.71. The SMILES string of the molecule is Cl.N[C@@H](c1c(F)ccc(F)c1F)C(F)(F)F. The van der Waals surface area contributed by atoms with Gasteiger partial charge in [0.2, 0.25) is 0 Å². The maximum atomic E-state index is 12.8. The molecule has 0 saturated heterocycles. The van der Waals surface area contributed by atoms with Gasteiger partial charge >= 0.3 is 6.18 Å². The van der Waals surface area contributed by atoms with Crippen LogP contribution in [0.1, 0.15) is 11.6 Å². The molecule has 0 saturated carbocycles. The van der Waals surface area contributed by atoms with Crippen LogP contribution < -0.4 is 5.73 Å². The first-order valence-electron chi connectivity index (χ1n) is 3.71. The van der Waals surface area contributed by atoms with Crippen molar-refractivity contribution in [2.75, 3.05) is 0 Å². The van der Waals surface area contributed by atoms with Crippen LogP contribution >= 0.6 is 12.4 Å². The first-order chi connectivity index (χ1) is 6.75. The summed E-state index contributed by atoms with van der Waals surface area (Å²) in [5.41, 5.74) is 3.06. The maximum Gasteiger partial charge on any atom is 0.407 e. The van der Waals surface area contributed by atoms with Gasteiger partial charge in [-0.3, -0.25) is 0 Å². The summed E-state index contributed by atoms with van der Waals surface area (Å²) < 4.78 is 74.4. The molecule has 1 rings (SSSR count). The van der Waals surface area contributed by atoms with Crippen LogP contribution in [0.3, 0.4) is 0 Å². The molecule has 16 heavy (non-hydrogen) atoms. The van der Waals surface area contributed by atoms with Crippen molar-refractivity contribution in [1.29, 1.82) is 0 Å². The topological polar surface area (TPSA) is 26.0 Å². The minimum atomic E-state index is -5.03. The predicted molar refractivity (Wildman–Crippen MR) is 46.5 cm³/mol. The molecule has 0 amide bonds. The molecule has 8 heteroatoms. The number of halogens is 7. The Bertz CT molecular complexity index is 378. The molecule has 0 unspecified atom stereocenters. The second-order valence-electron chi connectivity index (χ2n) is 2.78. The van der Waals surface area contributed by atoms with Crippen LogP contribution in [0.2, 0.25) is 0 Å². The zero-order chi connectivity index (χ0) is 11.8. The normalized spacial score (nSPS) is 13.2. The van der Waals surface area contributed by atoms with E-state index in [1.54, 1.807) is 0 Å². The Morgan fingerprint density at radius 2 is 1.44 bits per heavy atom. The summed E-state index contributed by atoms with van der Waals surface area (Å²) in [6.07, 6.45) is -5.03. The van der Waals surface area contributed by atoms with Gasteiger partial charge in [-0.15, -0.1) is 12.4 Å². The summed E-state index contributed by atoms with van der Waals surface area (Å²) in [6, 6.07) is -2.11. The number of hydrogen-bond donors (Lipinski definition) is 1. The Kier molecular flexibility index (Phi) is 4.63.